The highest BCUT2D eigenvalue weighted by molar-refractivity contribution is 5.77. The van der Waals surface area contributed by atoms with Crippen molar-refractivity contribution in [3.05, 3.63) is 46.8 Å². The van der Waals surface area contributed by atoms with Gasteiger partial charge in [0.25, 0.3) is 0 Å². The zero-order valence-electron chi connectivity index (χ0n) is 5.87. The van der Waals surface area contributed by atoms with Crippen LogP contribution in [-0.4, -0.2) is 4.98 Å². The second-order valence-electron chi connectivity index (χ2n) is 2.39. The largest absolute Gasteiger partial charge is 0.361 e. The average Bonchev–Trinajstić information content (AvgIpc) is 2.06. The molecule has 0 aliphatic carbocycles. The second-order valence-corrected chi connectivity index (χ2v) is 2.39. The van der Waals surface area contributed by atoms with Crippen molar-refractivity contribution in [3.63, 3.8) is 0 Å². The fourth-order valence-corrected chi connectivity index (χ4v) is 1.12. The third kappa shape index (κ3) is 4.30. The molecule has 0 radical (unpaired) electrons. The van der Waals surface area contributed by atoms with Crippen LogP contribution < -0.4 is 5.43 Å². The van der Waals surface area contributed by atoms with Gasteiger partial charge in [0.2, 0.25) is 0 Å². The lowest BCUT2D eigenvalue weighted by atomic mass is 10.2. The zero-order chi connectivity index (χ0) is 7.68. The van der Waals surface area contributed by atoms with Crippen LogP contribution in [0.5, 0.6) is 0 Å². The van der Waals surface area contributed by atoms with E-state index in [-0.39, 0.29) is 42.6 Å². The SMILES string of the molecule is C.C.C.C.C.O=c1cc[nH]c2ccccc12. The Balaban J connectivity index is -0.000000144. The molecule has 0 aliphatic rings. The molecular formula is C14H27NO. The van der Waals surface area contributed by atoms with E-state index in [4.69, 9.17) is 0 Å². The molecule has 0 amide bonds. The van der Waals surface area contributed by atoms with Crippen molar-refractivity contribution in [1.29, 1.82) is 0 Å². The maximum absolute atomic E-state index is 11.2. The molecule has 0 bridgehead atoms. The zero-order valence-corrected chi connectivity index (χ0v) is 5.87. The monoisotopic (exact) mass is 225 g/mol. The first kappa shape index (κ1) is 23.9. The number of hydrogen-bond donors (Lipinski definition) is 1. The van der Waals surface area contributed by atoms with Crippen LogP contribution in [0.3, 0.4) is 0 Å². The summed E-state index contributed by atoms with van der Waals surface area (Å²) in [4.78, 5) is 14.2. The molecule has 0 unspecified atom stereocenters. The van der Waals surface area contributed by atoms with Gasteiger partial charge in [0, 0.05) is 23.2 Å². The summed E-state index contributed by atoms with van der Waals surface area (Å²) in [6.45, 7) is 0. The molecule has 2 rings (SSSR count). The molecule has 16 heavy (non-hydrogen) atoms. The third-order valence-corrected chi connectivity index (χ3v) is 1.67. The first-order chi connectivity index (χ1) is 5.38. The lowest BCUT2D eigenvalue weighted by Crippen LogP contribution is -1.98. The summed E-state index contributed by atoms with van der Waals surface area (Å²) in [6.07, 6.45) is 1.66. The van der Waals surface area contributed by atoms with Gasteiger partial charge in [-0.2, -0.15) is 0 Å². The molecule has 1 N–H and O–H groups in total. The molecule has 1 aromatic carbocycles. The maximum Gasteiger partial charge on any atom is 0.189 e. The Morgan fingerprint density at radius 3 is 1.94 bits per heavy atom. The highest BCUT2D eigenvalue weighted by atomic mass is 16.1. The van der Waals surface area contributed by atoms with E-state index >= 15 is 0 Å². The number of rotatable bonds is 0. The standard InChI is InChI=1S/C9H7NO.5CH4/c11-9-5-6-10-8-4-2-1-3-7(8)9;;;;;/h1-6H,(H,10,11);5*1H4. The van der Waals surface area contributed by atoms with Crippen molar-refractivity contribution >= 4 is 10.9 Å². The van der Waals surface area contributed by atoms with Crippen molar-refractivity contribution in [1.82, 2.24) is 4.98 Å². The molecule has 0 spiro atoms. The number of aromatic amines is 1. The van der Waals surface area contributed by atoms with Gasteiger partial charge in [-0.1, -0.05) is 49.3 Å². The fraction of sp³-hybridized carbons (Fsp3) is 0.357. The minimum Gasteiger partial charge on any atom is -0.361 e. The van der Waals surface area contributed by atoms with Crippen LogP contribution in [0.1, 0.15) is 37.1 Å². The van der Waals surface area contributed by atoms with E-state index in [1.54, 1.807) is 6.20 Å². The molecule has 94 valence electrons. The smallest absolute Gasteiger partial charge is 0.189 e. The summed E-state index contributed by atoms with van der Waals surface area (Å²) < 4.78 is 0. The number of aromatic nitrogens is 1. The van der Waals surface area contributed by atoms with Crippen LogP contribution in [0.15, 0.2) is 41.3 Å². The minimum absolute atomic E-state index is 0. The molecule has 0 atom stereocenters. The van der Waals surface area contributed by atoms with Crippen LogP contribution in [0.4, 0.5) is 0 Å². The van der Waals surface area contributed by atoms with Crippen LogP contribution in [0, 0.1) is 0 Å². The van der Waals surface area contributed by atoms with Crippen LogP contribution >= 0.6 is 0 Å². The first-order valence-electron chi connectivity index (χ1n) is 3.44. The molecule has 2 nitrogen and oxygen atoms in total. The third-order valence-electron chi connectivity index (χ3n) is 1.67. The van der Waals surface area contributed by atoms with Gasteiger partial charge in [0.15, 0.2) is 5.43 Å². The summed E-state index contributed by atoms with van der Waals surface area (Å²) in [6, 6.07) is 8.99. The number of benzene rings is 1. The number of para-hydroxylation sites is 1. The lowest BCUT2D eigenvalue weighted by molar-refractivity contribution is 1.39. The minimum atomic E-state index is 0. The number of fused-ring (bicyclic) bond motifs is 1. The Labute approximate surface area is 100 Å². The van der Waals surface area contributed by atoms with Gasteiger partial charge >= 0.3 is 0 Å². The number of nitrogens with one attached hydrogen (secondary N) is 1. The average molecular weight is 225 g/mol. The van der Waals surface area contributed by atoms with Gasteiger partial charge in [0.05, 0.1) is 0 Å². The quantitative estimate of drug-likeness (QED) is 0.692. The molecule has 0 saturated carbocycles. The van der Waals surface area contributed by atoms with E-state index in [2.05, 4.69) is 4.98 Å². The lowest BCUT2D eigenvalue weighted by Gasteiger charge is -1.92. The van der Waals surface area contributed by atoms with E-state index in [0.717, 1.165) is 10.9 Å². The second kappa shape index (κ2) is 9.97. The van der Waals surface area contributed by atoms with Gasteiger partial charge in [-0.25, -0.2) is 0 Å². The molecule has 0 saturated heterocycles. The highest BCUT2D eigenvalue weighted by Gasteiger charge is 1.92. The van der Waals surface area contributed by atoms with E-state index in [9.17, 15) is 4.79 Å². The Kier molecular flexibility index (Phi) is 14.9. The molecule has 1 aromatic heterocycles. The Morgan fingerprint density at radius 2 is 1.38 bits per heavy atom. The summed E-state index contributed by atoms with van der Waals surface area (Å²) in [5.41, 5.74) is 0.958. The van der Waals surface area contributed by atoms with Crippen LogP contribution in [-0.2, 0) is 0 Å². The summed E-state index contributed by atoms with van der Waals surface area (Å²) in [5.74, 6) is 0. The Morgan fingerprint density at radius 1 is 0.812 bits per heavy atom. The van der Waals surface area contributed by atoms with Crippen molar-refractivity contribution in [3.8, 4) is 0 Å². The summed E-state index contributed by atoms with van der Waals surface area (Å²) >= 11 is 0. The molecule has 2 aromatic rings. The highest BCUT2D eigenvalue weighted by Crippen LogP contribution is 2.03. The maximum atomic E-state index is 11.2. The predicted octanol–water partition coefficient (Wildman–Crippen LogP) is 4.71. The molecule has 0 aliphatic heterocycles. The predicted molar refractivity (Wildman–Crippen MR) is 78.2 cm³/mol. The van der Waals surface area contributed by atoms with Crippen molar-refractivity contribution in [2.45, 2.75) is 37.1 Å². The number of hydrogen-bond acceptors (Lipinski definition) is 1. The van der Waals surface area contributed by atoms with E-state index in [1.165, 1.54) is 6.07 Å². The van der Waals surface area contributed by atoms with Gasteiger partial charge in [-0.3, -0.25) is 4.79 Å². The molecule has 2 heteroatoms. The van der Waals surface area contributed by atoms with Gasteiger partial charge in [0.1, 0.15) is 0 Å². The van der Waals surface area contributed by atoms with Crippen molar-refractivity contribution < 1.29 is 0 Å². The summed E-state index contributed by atoms with van der Waals surface area (Å²) in [5, 5.41) is 0.745. The Bertz CT molecular complexity index is 426. The number of pyridine rings is 1. The van der Waals surface area contributed by atoms with Gasteiger partial charge in [-0.05, 0) is 12.1 Å². The van der Waals surface area contributed by atoms with E-state index in [1.807, 2.05) is 24.3 Å². The first-order valence-corrected chi connectivity index (χ1v) is 3.44. The van der Waals surface area contributed by atoms with Crippen LogP contribution in [0.25, 0.3) is 10.9 Å². The molecule has 1 heterocycles. The van der Waals surface area contributed by atoms with Crippen LogP contribution in [0.2, 0.25) is 0 Å². The van der Waals surface area contributed by atoms with E-state index in [0.29, 0.717) is 0 Å². The van der Waals surface area contributed by atoms with Gasteiger partial charge in [-0.15, -0.1) is 0 Å². The van der Waals surface area contributed by atoms with Crippen molar-refractivity contribution in [2.75, 3.05) is 0 Å². The Hall–Kier alpha value is -1.57. The van der Waals surface area contributed by atoms with Gasteiger partial charge < -0.3 is 4.98 Å². The normalized spacial score (nSPS) is 7.00. The fourth-order valence-electron chi connectivity index (χ4n) is 1.12. The molecular weight excluding hydrogens is 198 g/mol. The number of H-pyrrole nitrogens is 1. The van der Waals surface area contributed by atoms with Crippen molar-refractivity contribution in [2.24, 2.45) is 0 Å². The summed E-state index contributed by atoms with van der Waals surface area (Å²) in [7, 11) is 0. The van der Waals surface area contributed by atoms with E-state index < -0.39 is 0 Å². The topological polar surface area (TPSA) is 32.9 Å². The molecule has 0 fully saturated rings.